The van der Waals surface area contributed by atoms with E-state index in [2.05, 4.69) is 48.1 Å². The molecule has 0 bridgehead atoms. The average Bonchev–Trinajstić information content (AvgIpc) is 2.46. The van der Waals surface area contributed by atoms with Crippen LogP contribution in [-0.2, 0) is 6.54 Å². The molecule has 0 aliphatic carbocycles. The van der Waals surface area contributed by atoms with Gasteiger partial charge < -0.3 is 14.8 Å². The Bertz CT molecular complexity index is 406. The van der Waals surface area contributed by atoms with Crippen LogP contribution >= 0.6 is 15.9 Å². The van der Waals surface area contributed by atoms with Crippen molar-refractivity contribution in [3.63, 3.8) is 0 Å². The number of nitrogens with one attached hydrogen (secondary N) is 1. The van der Waals surface area contributed by atoms with E-state index in [9.17, 15) is 0 Å². The maximum Gasteiger partial charge on any atom is 0.175 e. The molecule has 0 heterocycles. The summed E-state index contributed by atoms with van der Waals surface area (Å²) in [5.41, 5.74) is 1.19. The van der Waals surface area contributed by atoms with Gasteiger partial charge in [-0.25, -0.2) is 0 Å². The van der Waals surface area contributed by atoms with Gasteiger partial charge >= 0.3 is 0 Å². The Balaban J connectivity index is 2.89. The third-order valence-corrected chi connectivity index (χ3v) is 3.83. The van der Waals surface area contributed by atoms with Crippen LogP contribution in [0.4, 0.5) is 0 Å². The van der Waals surface area contributed by atoms with Gasteiger partial charge in [0.15, 0.2) is 11.5 Å². The molecular weight excluding hydrogens is 318 g/mol. The van der Waals surface area contributed by atoms with Gasteiger partial charge in [0.1, 0.15) is 0 Å². The van der Waals surface area contributed by atoms with Crippen molar-refractivity contribution in [2.45, 2.75) is 52.7 Å². The van der Waals surface area contributed by atoms with Crippen LogP contribution in [0.1, 0.15) is 45.6 Å². The minimum atomic E-state index is 0.226. The van der Waals surface area contributed by atoms with Gasteiger partial charge in [-0.15, -0.1) is 0 Å². The number of ether oxygens (including phenoxy) is 2. The predicted octanol–water partition coefficient (Wildman–Crippen LogP) is 4.52. The van der Waals surface area contributed by atoms with Crippen molar-refractivity contribution in [2.24, 2.45) is 0 Å². The van der Waals surface area contributed by atoms with Crippen molar-refractivity contribution in [1.29, 1.82) is 0 Å². The van der Waals surface area contributed by atoms with Crippen molar-refractivity contribution in [3.8, 4) is 11.5 Å². The summed E-state index contributed by atoms with van der Waals surface area (Å²) in [7, 11) is 1.69. The Hall–Kier alpha value is -0.740. The Morgan fingerprint density at radius 3 is 2.45 bits per heavy atom. The van der Waals surface area contributed by atoms with Gasteiger partial charge in [-0.1, -0.05) is 20.8 Å². The first-order chi connectivity index (χ1) is 9.65. The van der Waals surface area contributed by atoms with Crippen molar-refractivity contribution >= 4 is 15.9 Å². The fourth-order valence-electron chi connectivity index (χ4n) is 2.02. The second kappa shape index (κ2) is 9.24. The van der Waals surface area contributed by atoms with Crippen LogP contribution < -0.4 is 14.8 Å². The van der Waals surface area contributed by atoms with Gasteiger partial charge in [0.25, 0.3) is 0 Å². The number of methoxy groups -OCH3 is 1. The molecule has 0 saturated heterocycles. The summed E-state index contributed by atoms with van der Waals surface area (Å²) < 4.78 is 12.5. The zero-order valence-corrected chi connectivity index (χ0v) is 14.5. The van der Waals surface area contributed by atoms with Gasteiger partial charge in [-0.2, -0.15) is 0 Å². The van der Waals surface area contributed by atoms with Crippen LogP contribution in [-0.4, -0.2) is 19.8 Å². The van der Waals surface area contributed by atoms with Crippen molar-refractivity contribution in [3.05, 3.63) is 22.2 Å². The van der Waals surface area contributed by atoms with E-state index < -0.39 is 0 Å². The smallest absolute Gasteiger partial charge is 0.175 e. The Kier molecular flexibility index (Phi) is 8.00. The molecule has 0 radical (unpaired) electrons. The minimum absolute atomic E-state index is 0.226. The summed E-state index contributed by atoms with van der Waals surface area (Å²) in [6, 6.07) is 4.15. The third kappa shape index (κ3) is 4.98. The summed E-state index contributed by atoms with van der Waals surface area (Å²) in [6.45, 7) is 8.30. The first-order valence-electron chi connectivity index (χ1n) is 7.39. The van der Waals surface area contributed by atoms with Crippen molar-refractivity contribution in [2.75, 3.05) is 13.7 Å². The van der Waals surface area contributed by atoms with E-state index in [0.29, 0.717) is 0 Å². The van der Waals surface area contributed by atoms with E-state index in [1.165, 1.54) is 5.56 Å². The van der Waals surface area contributed by atoms with Gasteiger partial charge in [-0.3, -0.25) is 0 Å². The van der Waals surface area contributed by atoms with E-state index in [1.54, 1.807) is 7.11 Å². The molecule has 3 nitrogen and oxygen atoms in total. The largest absolute Gasteiger partial charge is 0.493 e. The van der Waals surface area contributed by atoms with E-state index in [0.717, 1.165) is 48.3 Å². The molecule has 0 fully saturated rings. The number of hydrogen-bond donors (Lipinski definition) is 1. The quantitative estimate of drug-likeness (QED) is 0.668. The molecule has 0 spiro atoms. The topological polar surface area (TPSA) is 30.5 Å². The summed E-state index contributed by atoms with van der Waals surface area (Å²) in [5.74, 6) is 1.60. The second-order valence-corrected chi connectivity index (χ2v) is 5.70. The normalized spacial score (nSPS) is 10.9. The number of rotatable bonds is 9. The van der Waals surface area contributed by atoms with E-state index in [1.807, 2.05) is 6.07 Å². The number of hydrogen-bond acceptors (Lipinski definition) is 3. The van der Waals surface area contributed by atoms with Gasteiger partial charge in [0.05, 0.1) is 17.7 Å². The number of halogens is 1. The molecule has 0 unspecified atom stereocenters. The highest BCUT2D eigenvalue weighted by Crippen LogP contribution is 2.37. The highest BCUT2D eigenvalue weighted by atomic mass is 79.9. The maximum absolute atomic E-state index is 6.05. The zero-order valence-electron chi connectivity index (χ0n) is 13.0. The predicted molar refractivity (Wildman–Crippen MR) is 87.7 cm³/mol. The van der Waals surface area contributed by atoms with Crippen LogP contribution in [0.25, 0.3) is 0 Å². The lowest BCUT2D eigenvalue weighted by Gasteiger charge is -2.20. The first kappa shape index (κ1) is 17.3. The van der Waals surface area contributed by atoms with Gasteiger partial charge in [0.2, 0.25) is 0 Å². The molecule has 114 valence electrons. The third-order valence-electron chi connectivity index (χ3n) is 3.24. The fourth-order valence-corrected chi connectivity index (χ4v) is 2.60. The van der Waals surface area contributed by atoms with E-state index in [4.69, 9.17) is 9.47 Å². The summed E-state index contributed by atoms with van der Waals surface area (Å²) in [4.78, 5) is 0. The highest BCUT2D eigenvalue weighted by molar-refractivity contribution is 9.10. The monoisotopic (exact) mass is 343 g/mol. The molecule has 4 heteroatoms. The van der Waals surface area contributed by atoms with Gasteiger partial charge in [0, 0.05) is 6.54 Å². The Morgan fingerprint density at radius 1 is 1.20 bits per heavy atom. The molecule has 1 aromatic rings. The van der Waals surface area contributed by atoms with Crippen LogP contribution in [0.15, 0.2) is 16.6 Å². The fraction of sp³-hybridized carbons (Fsp3) is 0.625. The molecule has 0 aliphatic heterocycles. The standard InChI is InChI=1S/C16H26BrNO2/c1-5-8-18-11-12-9-14(17)16(15(10-12)19-4)20-13(6-2)7-3/h9-10,13,18H,5-8,11H2,1-4H3. The molecule has 0 amide bonds. The lowest BCUT2D eigenvalue weighted by molar-refractivity contribution is 0.183. The van der Waals surface area contributed by atoms with Crippen LogP contribution in [0.2, 0.25) is 0 Å². The average molecular weight is 344 g/mol. The second-order valence-electron chi connectivity index (χ2n) is 4.84. The molecule has 1 aromatic carbocycles. The van der Waals surface area contributed by atoms with Crippen LogP contribution in [0, 0.1) is 0 Å². The van der Waals surface area contributed by atoms with E-state index >= 15 is 0 Å². The molecule has 0 saturated carbocycles. The maximum atomic E-state index is 6.05. The highest BCUT2D eigenvalue weighted by Gasteiger charge is 2.15. The zero-order chi connectivity index (χ0) is 15.0. The molecule has 1 rings (SSSR count). The first-order valence-corrected chi connectivity index (χ1v) is 8.19. The number of benzene rings is 1. The van der Waals surface area contributed by atoms with Crippen molar-refractivity contribution < 1.29 is 9.47 Å². The van der Waals surface area contributed by atoms with E-state index in [-0.39, 0.29) is 6.10 Å². The summed E-state index contributed by atoms with van der Waals surface area (Å²) in [5, 5.41) is 3.40. The molecule has 0 aromatic heterocycles. The molecule has 0 aliphatic rings. The Labute approximate surface area is 131 Å². The van der Waals surface area contributed by atoms with Gasteiger partial charge in [-0.05, 0) is 59.4 Å². The lowest BCUT2D eigenvalue weighted by Crippen LogP contribution is -2.16. The molecule has 20 heavy (non-hydrogen) atoms. The molecular formula is C16H26BrNO2. The molecule has 1 N–H and O–H groups in total. The minimum Gasteiger partial charge on any atom is -0.493 e. The van der Waals surface area contributed by atoms with Crippen LogP contribution in [0.3, 0.4) is 0 Å². The van der Waals surface area contributed by atoms with Crippen molar-refractivity contribution in [1.82, 2.24) is 5.32 Å². The Morgan fingerprint density at radius 2 is 1.90 bits per heavy atom. The molecule has 0 atom stereocenters. The summed E-state index contributed by atoms with van der Waals surface area (Å²) in [6.07, 6.45) is 3.34. The SMILES string of the molecule is CCCNCc1cc(Br)c(OC(CC)CC)c(OC)c1. The summed E-state index contributed by atoms with van der Waals surface area (Å²) >= 11 is 3.60. The van der Waals surface area contributed by atoms with Crippen LogP contribution in [0.5, 0.6) is 11.5 Å². The lowest BCUT2D eigenvalue weighted by atomic mass is 10.2.